The van der Waals surface area contributed by atoms with Gasteiger partial charge in [0.15, 0.2) is 0 Å². The fourth-order valence-corrected chi connectivity index (χ4v) is 2.10. The van der Waals surface area contributed by atoms with E-state index in [2.05, 4.69) is 38.7 Å². The Hall–Kier alpha value is -0.620. The van der Waals surface area contributed by atoms with Crippen molar-refractivity contribution >= 4 is 28.6 Å². The van der Waals surface area contributed by atoms with Crippen molar-refractivity contribution in [3.8, 4) is 0 Å². The second kappa shape index (κ2) is 6.07. The van der Waals surface area contributed by atoms with Crippen molar-refractivity contribution in [1.82, 2.24) is 5.32 Å². The summed E-state index contributed by atoms with van der Waals surface area (Å²) < 4.78 is 5.76. The zero-order valence-electron chi connectivity index (χ0n) is 8.79. The number of rotatable bonds is 4. The molecule has 3 nitrogen and oxygen atoms in total. The highest BCUT2D eigenvalue weighted by Gasteiger charge is 2.09. The summed E-state index contributed by atoms with van der Waals surface area (Å²) in [6, 6.07) is 8.24. The Bertz CT molecular complexity index is 341. The smallest absolute Gasteiger partial charge is 0.319 e. The lowest BCUT2D eigenvalue weighted by Crippen LogP contribution is -2.27. The number of nitrogens with one attached hydrogen (secondary N) is 1. The second-order valence-corrected chi connectivity index (χ2v) is 4.36. The van der Waals surface area contributed by atoms with Gasteiger partial charge in [-0.25, -0.2) is 0 Å². The maximum absolute atomic E-state index is 10.9. The molecule has 0 aromatic heterocycles. The van der Waals surface area contributed by atoms with Crippen LogP contribution in [0.3, 0.4) is 0 Å². The fourth-order valence-electron chi connectivity index (χ4n) is 1.24. The molecule has 0 aliphatic heterocycles. The summed E-state index contributed by atoms with van der Waals surface area (Å²) in [6.45, 7) is 2.27. The molecular weight excluding hydrogens is 305 g/mol. The topological polar surface area (TPSA) is 38.3 Å². The summed E-state index contributed by atoms with van der Waals surface area (Å²) in [7, 11) is 1.39. The Morgan fingerprint density at radius 2 is 2.20 bits per heavy atom. The van der Waals surface area contributed by atoms with Gasteiger partial charge in [-0.3, -0.25) is 4.79 Å². The van der Waals surface area contributed by atoms with Crippen LogP contribution in [0.15, 0.2) is 24.3 Å². The average Bonchev–Trinajstić information content (AvgIpc) is 2.26. The van der Waals surface area contributed by atoms with E-state index < -0.39 is 0 Å². The Balaban J connectivity index is 2.57. The quantitative estimate of drug-likeness (QED) is 0.682. The number of esters is 1. The van der Waals surface area contributed by atoms with E-state index in [1.807, 2.05) is 25.1 Å². The summed E-state index contributed by atoms with van der Waals surface area (Å²) in [5, 5.41) is 3.11. The van der Waals surface area contributed by atoms with Crippen LogP contribution >= 0.6 is 22.6 Å². The first-order valence-corrected chi connectivity index (χ1v) is 5.77. The van der Waals surface area contributed by atoms with Gasteiger partial charge in [0, 0.05) is 9.61 Å². The Kier molecular flexibility index (Phi) is 5.04. The Morgan fingerprint density at radius 3 is 2.80 bits per heavy atom. The average molecular weight is 319 g/mol. The molecule has 1 aromatic rings. The van der Waals surface area contributed by atoms with E-state index in [0.717, 1.165) is 0 Å². The van der Waals surface area contributed by atoms with Crippen molar-refractivity contribution in [3.63, 3.8) is 0 Å². The highest BCUT2D eigenvalue weighted by Crippen LogP contribution is 2.18. The number of ether oxygens (including phenoxy) is 1. The SMILES string of the molecule is COC(=O)CNC(C)c1ccccc1I. The van der Waals surface area contributed by atoms with Gasteiger partial charge in [0.25, 0.3) is 0 Å². The highest BCUT2D eigenvalue weighted by molar-refractivity contribution is 14.1. The third kappa shape index (κ3) is 3.79. The van der Waals surface area contributed by atoms with Crippen LogP contribution in [0.25, 0.3) is 0 Å². The zero-order chi connectivity index (χ0) is 11.3. The maximum Gasteiger partial charge on any atom is 0.319 e. The van der Waals surface area contributed by atoms with Crippen molar-refractivity contribution in [1.29, 1.82) is 0 Å². The van der Waals surface area contributed by atoms with Crippen molar-refractivity contribution in [3.05, 3.63) is 33.4 Å². The van der Waals surface area contributed by atoms with Gasteiger partial charge in [-0.15, -0.1) is 0 Å². The number of halogens is 1. The summed E-state index contributed by atoms with van der Waals surface area (Å²) in [6.07, 6.45) is 0. The molecule has 0 radical (unpaired) electrons. The summed E-state index contributed by atoms with van der Waals surface area (Å²) in [5.41, 5.74) is 1.20. The minimum Gasteiger partial charge on any atom is -0.468 e. The van der Waals surface area contributed by atoms with Gasteiger partial charge >= 0.3 is 5.97 Å². The molecule has 1 unspecified atom stereocenters. The molecule has 0 amide bonds. The summed E-state index contributed by atoms with van der Waals surface area (Å²) >= 11 is 2.29. The van der Waals surface area contributed by atoms with Crippen LogP contribution in [0.1, 0.15) is 18.5 Å². The predicted octanol–water partition coefficient (Wildman–Crippen LogP) is 2.11. The van der Waals surface area contributed by atoms with E-state index in [4.69, 9.17) is 0 Å². The lowest BCUT2D eigenvalue weighted by molar-refractivity contribution is -0.139. The molecule has 0 saturated carbocycles. The molecule has 1 atom stereocenters. The largest absolute Gasteiger partial charge is 0.468 e. The molecule has 0 fully saturated rings. The highest BCUT2D eigenvalue weighted by atomic mass is 127. The minimum atomic E-state index is -0.243. The van der Waals surface area contributed by atoms with Crippen LogP contribution in [-0.4, -0.2) is 19.6 Å². The van der Waals surface area contributed by atoms with Gasteiger partial charge in [0.2, 0.25) is 0 Å². The van der Waals surface area contributed by atoms with Crippen LogP contribution in [0.2, 0.25) is 0 Å². The van der Waals surface area contributed by atoms with Crippen molar-refractivity contribution < 1.29 is 9.53 Å². The molecule has 82 valence electrons. The number of hydrogen-bond acceptors (Lipinski definition) is 3. The monoisotopic (exact) mass is 319 g/mol. The predicted molar refractivity (Wildman–Crippen MR) is 67.6 cm³/mol. The first kappa shape index (κ1) is 12.4. The molecule has 1 N–H and O–H groups in total. The number of hydrogen-bond donors (Lipinski definition) is 1. The third-order valence-corrected chi connectivity index (χ3v) is 3.13. The van der Waals surface area contributed by atoms with Gasteiger partial charge in [0.1, 0.15) is 0 Å². The van der Waals surface area contributed by atoms with E-state index >= 15 is 0 Å². The van der Waals surface area contributed by atoms with Crippen molar-refractivity contribution in [2.24, 2.45) is 0 Å². The van der Waals surface area contributed by atoms with Gasteiger partial charge in [-0.1, -0.05) is 18.2 Å². The lowest BCUT2D eigenvalue weighted by atomic mass is 10.1. The van der Waals surface area contributed by atoms with Crippen molar-refractivity contribution in [2.45, 2.75) is 13.0 Å². The zero-order valence-corrected chi connectivity index (χ0v) is 10.9. The summed E-state index contributed by atoms with van der Waals surface area (Å²) in [4.78, 5) is 10.9. The van der Waals surface area contributed by atoms with E-state index in [-0.39, 0.29) is 18.6 Å². The molecule has 1 aromatic carbocycles. The van der Waals surface area contributed by atoms with Crippen molar-refractivity contribution in [2.75, 3.05) is 13.7 Å². The van der Waals surface area contributed by atoms with Gasteiger partial charge < -0.3 is 10.1 Å². The number of carbonyl (C=O) groups excluding carboxylic acids is 1. The Morgan fingerprint density at radius 1 is 1.53 bits per heavy atom. The van der Waals surface area contributed by atoms with Crippen LogP contribution < -0.4 is 5.32 Å². The van der Waals surface area contributed by atoms with Crippen LogP contribution in [0.4, 0.5) is 0 Å². The first-order valence-electron chi connectivity index (χ1n) is 4.69. The normalized spacial score (nSPS) is 12.2. The molecule has 15 heavy (non-hydrogen) atoms. The van der Waals surface area contributed by atoms with E-state index in [0.29, 0.717) is 0 Å². The molecular formula is C11H14INO2. The third-order valence-electron chi connectivity index (χ3n) is 2.15. The molecule has 0 saturated heterocycles. The second-order valence-electron chi connectivity index (χ2n) is 3.20. The molecule has 0 bridgehead atoms. The molecule has 4 heteroatoms. The molecule has 0 spiro atoms. The lowest BCUT2D eigenvalue weighted by Gasteiger charge is -2.14. The maximum atomic E-state index is 10.9. The molecule has 0 heterocycles. The van der Waals surface area contributed by atoms with Crippen LogP contribution in [-0.2, 0) is 9.53 Å². The van der Waals surface area contributed by atoms with E-state index in [1.54, 1.807) is 0 Å². The van der Waals surface area contributed by atoms with E-state index in [9.17, 15) is 4.79 Å². The number of benzene rings is 1. The fraction of sp³-hybridized carbons (Fsp3) is 0.364. The van der Waals surface area contributed by atoms with Crippen LogP contribution in [0.5, 0.6) is 0 Å². The molecule has 0 aliphatic carbocycles. The van der Waals surface area contributed by atoms with Crippen LogP contribution in [0, 0.1) is 3.57 Å². The summed E-state index contributed by atoms with van der Waals surface area (Å²) in [5.74, 6) is -0.243. The number of methoxy groups -OCH3 is 1. The molecule has 1 rings (SSSR count). The van der Waals surface area contributed by atoms with Gasteiger partial charge in [-0.2, -0.15) is 0 Å². The Labute approximate surface area is 103 Å². The number of carbonyl (C=O) groups is 1. The standard InChI is InChI=1S/C11H14INO2/c1-8(13-7-11(14)15-2)9-5-3-4-6-10(9)12/h3-6,8,13H,7H2,1-2H3. The van der Waals surface area contributed by atoms with Gasteiger partial charge in [0.05, 0.1) is 13.7 Å². The van der Waals surface area contributed by atoms with E-state index in [1.165, 1.54) is 16.2 Å². The molecule has 0 aliphatic rings. The first-order chi connectivity index (χ1) is 7.15. The minimum absolute atomic E-state index is 0.150. The van der Waals surface area contributed by atoms with Gasteiger partial charge in [-0.05, 0) is 41.1 Å².